The Kier molecular flexibility index (Phi) is 5.12. The third kappa shape index (κ3) is 3.24. The molecule has 0 saturated heterocycles. The van der Waals surface area contributed by atoms with Crippen LogP contribution in [0, 0.1) is 0 Å². The van der Waals surface area contributed by atoms with Crippen LogP contribution in [-0.4, -0.2) is 17.9 Å². The van der Waals surface area contributed by atoms with E-state index in [9.17, 15) is 26.7 Å². The number of ketones is 1. The fourth-order valence-corrected chi connectivity index (χ4v) is 2.18. The summed E-state index contributed by atoms with van der Waals surface area (Å²) in [5.74, 6) is -7.53. The van der Waals surface area contributed by atoms with Gasteiger partial charge in [-0.25, -0.2) is 0 Å². The number of carbonyl (C=O) groups excluding carboxylic acids is 1. The van der Waals surface area contributed by atoms with Crippen molar-refractivity contribution in [2.24, 2.45) is 0 Å². The van der Waals surface area contributed by atoms with Crippen LogP contribution in [0.1, 0.15) is 47.8 Å². The number of benzene rings is 1. The van der Waals surface area contributed by atoms with Gasteiger partial charge in [-0.15, -0.1) is 0 Å². The molecule has 0 bridgehead atoms. The van der Waals surface area contributed by atoms with Gasteiger partial charge < -0.3 is 0 Å². The molecule has 0 aliphatic rings. The Labute approximate surface area is 120 Å². The summed E-state index contributed by atoms with van der Waals surface area (Å²) in [5, 5.41) is 0. The Morgan fingerprint density at radius 2 is 1.33 bits per heavy atom. The molecular formula is C15H17F5O. The summed E-state index contributed by atoms with van der Waals surface area (Å²) >= 11 is 0. The molecule has 6 heteroatoms. The number of hydrogen-bond donors (Lipinski definition) is 0. The van der Waals surface area contributed by atoms with Gasteiger partial charge in [0, 0.05) is 5.56 Å². The Balaban J connectivity index is 3.52. The van der Waals surface area contributed by atoms with Crippen LogP contribution in [0.5, 0.6) is 0 Å². The lowest BCUT2D eigenvalue weighted by Crippen LogP contribution is -2.44. The van der Waals surface area contributed by atoms with Crippen molar-refractivity contribution >= 4 is 5.78 Å². The number of hydrogen-bond acceptors (Lipinski definition) is 1. The molecule has 0 heterocycles. The van der Waals surface area contributed by atoms with E-state index in [-0.39, 0.29) is 24.0 Å². The smallest absolute Gasteiger partial charge is 0.287 e. The van der Waals surface area contributed by atoms with Crippen molar-refractivity contribution in [2.75, 3.05) is 0 Å². The second-order valence-corrected chi connectivity index (χ2v) is 4.75. The largest absolute Gasteiger partial charge is 0.461 e. The number of carbonyl (C=O) groups is 1. The van der Waals surface area contributed by atoms with Gasteiger partial charge in [0.25, 0.3) is 0 Å². The standard InChI is InChI=1S/C15H17F5O/c1-4-9-7-10(5-2)12(11(6-3)8-9)13(21)14(16,17)15(18,19)20/h7-8H,4-6H2,1-3H3. The summed E-state index contributed by atoms with van der Waals surface area (Å²) in [7, 11) is 0. The van der Waals surface area contributed by atoms with E-state index >= 15 is 0 Å². The zero-order chi connectivity index (χ0) is 16.4. The summed E-state index contributed by atoms with van der Waals surface area (Å²) in [6.45, 7) is 5.09. The highest BCUT2D eigenvalue weighted by atomic mass is 19.4. The van der Waals surface area contributed by atoms with Crippen molar-refractivity contribution in [3.8, 4) is 0 Å². The van der Waals surface area contributed by atoms with Crippen LogP contribution < -0.4 is 0 Å². The van der Waals surface area contributed by atoms with Gasteiger partial charge >= 0.3 is 12.1 Å². The van der Waals surface area contributed by atoms with E-state index in [2.05, 4.69) is 0 Å². The van der Waals surface area contributed by atoms with Crippen LogP contribution in [0.25, 0.3) is 0 Å². The van der Waals surface area contributed by atoms with E-state index in [0.717, 1.165) is 5.56 Å². The lowest BCUT2D eigenvalue weighted by molar-refractivity contribution is -0.255. The Morgan fingerprint density at radius 3 is 1.62 bits per heavy atom. The van der Waals surface area contributed by atoms with Crippen molar-refractivity contribution in [2.45, 2.75) is 52.1 Å². The first kappa shape index (κ1) is 17.6. The van der Waals surface area contributed by atoms with Gasteiger partial charge in [0.15, 0.2) is 0 Å². The molecule has 0 saturated carbocycles. The molecule has 0 spiro atoms. The molecule has 0 unspecified atom stereocenters. The zero-order valence-electron chi connectivity index (χ0n) is 12.1. The van der Waals surface area contributed by atoms with Gasteiger partial charge in [0.1, 0.15) is 0 Å². The van der Waals surface area contributed by atoms with Crippen molar-refractivity contribution < 1.29 is 26.7 Å². The van der Waals surface area contributed by atoms with E-state index < -0.39 is 23.4 Å². The van der Waals surface area contributed by atoms with E-state index in [1.807, 2.05) is 6.92 Å². The summed E-state index contributed by atoms with van der Waals surface area (Å²) in [4.78, 5) is 11.8. The van der Waals surface area contributed by atoms with E-state index in [4.69, 9.17) is 0 Å². The fourth-order valence-electron chi connectivity index (χ4n) is 2.18. The number of halogens is 5. The van der Waals surface area contributed by atoms with Crippen molar-refractivity contribution in [3.05, 3.63) is 34.4 Å². The summed E-state index contributed by atoms with van der Waals surface area (Å²) < 4.78 is 63.9. The maximum Gasteiger partial charge on any atom is 0.461 e. The topological polar surface area (TPSA) is 17.1 Å². The Morgan fingerprint density at radius 1 is 0.905 bits per heavy atom. The van der Waals surface area contributed by atoms with Gasteiger partial charge in [-0.1, -0.05) is 32.9 Å². The van der Waals surface area contributed by atoms with Crippen molar-refractivity contribution in [3.63, 3.8) is 0 Å². The summed E-state index contributed by atoms with van der Waals surface area (Å²) in [6, 6.07) is 3.05. The van der Waals surface area contributed by atoms with Crippen LogP contribution in [0.2, 0.25) is 0 Å². The molecule has 0 atom stereocenters. The molecule has 0 aliphatic heterocycles. The molecule has 0 aromatic heterocycles. The average Bonchev–Trinajstić information content (AvgIpc) is 2.43. The highest BCUT2D eigenvalue weighted by molar-refractivity contribution is 6.04. The summed E-state index contributed by atoms with van der Waals surface area (Å²) in [6.07, 6.45) is -4.83. The molecule has 1 nitrogen and oxygen atoms in total. The minimum absolute atomic E-state index is 0.218. The van der Waals surface area contributed by atoms with Crippen LogP contribution in [-0.2, 0) is 19.3 Å². The first-order chi connectivity index (χ1) is 9.60. The third-order valence-corrected chi connectivity index (χ3v) is 3.40. The van der Waals surface area contributed by atoms with Gasteiger partial charge in [0.05, 0.1) is 0 Å². The predicted molar refractivity (Wildman–Crippen MR) is 69.9 cm³/mol. The predicted octanol–water partition coefficient (Wildman–Crippen LogP) is 4.75. The minimum atomic E-state index is -5.89. The first-order valence-electron chi connectivity index (χ1n) is 6.74. The third-order valence-electron chi connectivity index (χ3n) is 3.40. The molecule has 1 rings (SSSR count). The highest BCUT2D eigenvalue weighted by Crippen LogP contribution is 2.39. The van der Waals surface area contributed by atoms with Gasteiger partial charge in [-0.2, -0.15) is 22.0 Å². The van der Waals surface area contributed by atoms with Gasteiger partial charge in [-0.05, 0) is 36.0 Å². The first-order valence-corrected chi connectivity index (χ1v) is 6.74. The number of alkyl halides is 5. The zero-order valence-corrected chi connectivity index (χ0v) is 12.1. The quantitative estimate of drug-likeness (QED) is 0.566. The molecule has 1 aromatic rings. The average molecular weight is 308 g/mol. The van der Waals surface area contributed by atoms with E-state index in [1.165, 1.54) is 12.1 Å². The van der Waals surface area contributed by atoms with Crippen molar-refractivity contribution in [1.82, 2.24) is 0 Å². The Hall–Kier alpha value is -1.46. The maximum absolute atomic E-state index is 13.4. The van der Waals surface area contributed by atoms with Crippen LogP contribution in [0.4, 0.5) is 22.0 Å². The number of Topliss-reactive ketones (excluding diaryl/α,β-unsaturated/α-hetero) is 1. The molecule has 0 amide bonds. The summed E-state index contributed by atoms with van der Waals surface area (Å²) in [5.41, 5.74) is 0.801. The fraction of sp³-hybridized carbons (Fsp3) is 0.533. The molecule has 21 heavy (non-hydrogen) atoms. The molecule has 0 N–H and O–H groups in total. The lowest BCUT2D eigenvalue weighted by atomic mass is 9.89. The van der Waals surface area contributed by atoms with E-state index in [1.54, 1.807) is 13.8 Å². The van der Waals surface area contributed by atoms with Crippen molar-refractivity contribution in [1.29, 1.82) is 0 Å². The van der Waals surface area contributed by atoms with Crippen LogP contribution in [0.3, 0.4) is 0 Å². The minimum Gasteiger partial charge on any atom is -0.287 e. The Bertz CT molecular complexity index is 506. The second-order valence-electron chi connectivity index (χ2n) is 4.75. The van der Waals surface area contributed by atoms with Gasteiger partial charge in [-0.3, -0.25) is 4.79 Å². The molecule has 118 valence electrons. The molecule has 0 aliphatic carbocycles. The molecular weight excluding hydrogens is 291 g/mol. The molecule has 0 radical (unpaired) electrons. The normalized spacial score (nSPS) is 12.6. The number of rotatable bonds is 5. The van der Waals surface area contributed by atoms with Crippen LogP contribution in [0.15, 0.2) is 12.1 Å². The SMILES string of the molecule is CCc1cc(CC)c(C(=O)C(F)(F)C(F)(F)F)c(CC)c1. The monoisotopic (exact) mass is 308 g/mol. The number of aryl methyl sites for hydroxylation is 3. The van der Waals surface area contributed by atoms with E-state index in [0.29, 0.717) is 6.42 Å². The highest BCUT2D eigenvalue weighted by Gasteiger charge is 2.63. The van der Waals surface area contributed by atoms with Crippen LogP contribution >= 0.6 is 0 Å². The lowest BCUT2D eigenvalue weighted by Gasteiger charge is -2.22. The molecule has 1 aromatic carbocycles. The molecule has 0 fully saturated rings. The second kappa shape index (κ2) is 6.12. The maximum atomic E-state index is 13.4. The van der Waals surface area contributed by atoms with Gasteiger partial charge in [0.2, 0.25) is 5.78 Å².